The molecule has 2 rings (SSSR count). The zero-order valence-corrected chi connectivity index (χ0v) is 11.0. The molecular weight excluding hydrogens is 232 g/mol. The normalized spacial score (nSPS) is 14.5. The average Bonchev–Trinajstić information content (AvgIpc) is 2.77. The van der Waals surface area contributed by atoms with Gasteiger partial charge in [0.1, 0.15) is 5.01 Å². The van der Waals surface area contributed by atoms with Gasteiger partial charge in [0, 0.05) is 35.7 Å². The Morgan fingerprint density at radius 2 is 1.94 bits per heavy atom. The lowest BCUT2D eigenvalue weighted by atomic mass is 10.2. The van der Waals surface area contributed by atoms with Crippen LogP contribution in [0, 0.1) is 6.92 Å². The van der Waals surface area contributed by atoms with Crippen LogP contribution in [0.25, 0.3) is 0 Å². The smallest absolute Gasteiger partial charge is 0.109 e. The van der Waals surface area contributed by atoms with E-state index < -0.39 is 0 Å². The highest BCUT2D eigenvalue weighted by Crippen LogP contribution is 2.21. The van der Waals surface area contributed by atoms with Crippen molar-refractivity contribution < 1.29 is 0 Å². The first-order valence-corrected chi connectivity index (χ1v) is 6.42. The molecule has 90 valence electrons. The maximum Gasteiger partial charge on any atom is 0.109 e. The van der Waals surface area contributed by atoms with Gasteiger partial charge in [-0.1, -0.05) is 0 Å². The SMILES string of the molecule is Cc1cnc(C(C)NC(C)c2cnccn2)s1. The van der Waals surface area contributed by atoms with Gasteiger partial charge in [0.15, 0.2) is 0 Å². The molecule has 2 heterocycles. The van der Waals surface area contributed by atoms with Crippen molar-refractivity contribution in [3.63, 3.8) is 0 Å². The predicted octanol–water partition coefficient (Wildman–Crippen LogP) is 2.65. The summed E-state index contributed by atoms with van der Waals surface area (Å²) in [5.74, 6) is 0. The molecule has 17 heavy (non-hydrogen) atoms. The van der Waals surface area contributed by atoms with Gasteiger partial charge in [-0.2, -0.15) is 0 Å². The van der Waals surface area contributed by atoms with Crippen LogP contribution in [0.1, 0.15) is 41.5 Å². The van der Waals surface area contributed by atoms with Crippen LogP contribution < -0.4 is 5.32 Å². The minimum absolute atomic E-state index is 0.169. The summed E-state index contributed by atoms with van der Waals surface area (Å²) in [5, 5.41) is 4.58. The van der Waals surface area contributed by atoms with Crippen molar-refractivity contribution in [2.45, 2.75) is 32.9 Å². The van der Waals surface area contributed by atoms with Gasteiger partial charge < -0.3 is 0 Å². The summed E-state index contributed by atoms with van der Waals surface area (Å²) in [7, 11) is 0. The summed E-state index contributed by atoms with van der Waals surface area (Å²) >= 11 is 1.72. The second kappa shape index (κ2) is 5.33. The van der Waals surface area contributed by atoms with Crippen LogP contribution in [0.4, 0.5) is 0 Å². The number of rotatable bonds is 4. The number of thiazole rings is 1. The minimum atomic E-state index is 0.169. The van der Waals surface area contributed by atoms with Gasteiger partial charge in [-0.15, -0.1) is 11.3 Å². The zero-order chi connectivity index (χ0) is 12.3. The van der Waals surface area contributed by atoms with Gasteiger partial charge in [-0.25, -0.2) is 4.98 Å². The van der Waals surface area contributed by atoms with Crippen LogP contribution in [-0.2, 0) is 0 Å². The molecule has 2 aromatic rings. The molecule has 2 unspecified atom stereocenters. The monoisotopic (exact) mass is 248 g/mol. The molecule has 0 aliphatic carbocycles. The summed E-state index contributed by atoms with van der Waals surface area (Å²) in [4.78, 5) is 14.0. The molecule has 0 aliphatic rings. The van der Waals surface area contributed by atoms with Crippen molar-refractivity contribution >= 4 is 11.3 Å². The maximum atomic E-state index is 4.38. The Bertz CT molecular complexity index is 468. The molecule has 2 aromatic heterocycles. The van der Waals surface area contributed by atoms with Gasteiger partial charge in [0.25, 0.3) is 0 Å². The Morgan fingerprint density at radius 1 is 1.12 bits per heavy atom. The molecule has 0 aliphatic heterocycles. The van der Waals surface area contributed by atoms with Crippen LogP contribution in [0.3, 0.4) is 0 Å². The highest BCUT2D eigenvalue weighted by Gasteiger charge is 2.14. The first-order chi connectivity index (χ1) is 8.16. The van der Waals surface area contributed by atoms with Crippen LogP contribution in [-0.4, -0.2) is 15.0 Å². The van der Waals surface area contributed by atoms with E-state index in [1.165, 1.54) is 4.88 Å². The van der Waals surface area contributed by atoms with E-state index in [0.717, 1.165) is 10.7 Å². The van der Waals surface area contributed by atoms with E-state index >= 15 is 0 Å². The number of nitrogens with zero attached hydrogens (tertiary/aromatic N) is 3. The molecule has 4 nitrogen and oxygen atoms in total. The number of nitrogens with one attached hydrogen (secondary N) is 1. The third kappa shape index (κ3) is 3.08. The van der Waals surface area contributed by atoms with E-state index in [9.17, 15) is 0 Å². The van der Waals surface area contributed by atoms with Crippen molar-refractivity contribution in [3.05, 3.63) is 40.4 Å². The molecule has 0 bridgehead atoms. The molecule has 0 fully saturated rings. The number of aryl methyl sites for hydroxylation is 1. The second-order valence-corrected chi connectivity index (χ2v) is 5.32. The average molecular weight is 248 g/mol. The largest absolute Gasteiger partial charge is 0.300 e. The first-order valence-electron chi connectivity index (χ1n) is 5.61. The van der Waals surface area contributed by atoms with E-state index in [1.807, 2.05) is 6.20 Å². The van der Waals surface area contributed by atoms with Crippen molar-refractivity contribution in [2.75, 3.05) is 0 Å². The summed E-state index contributed by atoms with van der Waals surface area (Å²) < 4.78 is 0. The van der Waals surface area contributed by atoms with Crippen LogP contribution in [0.15, 0.2) is 24.8 Å². The second-order valence-electron chi connectivity index (χ2n) is 4.05. The summed E-state index contributed by atoms with van der Waals surface area (Å²) in [6.07, 6.45) is 7.10. The van der Waals surface area contributed by atoms with Crippen LogP contribution in [0.2, 0.25) is 0 Å². The lowest BCUT2D eigenvalue weighted by molar-refractivity contribution is 0.483. The summed E-state index contributed by atoms with van der Waals surface area (Å²) in [5.41, 5.74) is 0.952. The Balaban J connectivity index is 2.02. The molecule has 0 aromatic carbocycles. The third-order valence-corrected chi connectivity index (χ3v) is 3.63. The number of hydrogen-bond donors (Lipinski definition) is 1. The number of hydrogen-bond acceptors (Lipinski definition) is 5. The predicted molar refractivity (Wildman–Crippen MR) is 68.8 cm³/mol. The molecule has 0 saturated heterocycles. The fraction of sp³-hybridized carbons (Fsp3) is 0.417. The molecular formula is C12H16N4S. The van der Waals surface area contributed by atoms with E-state index in [-0.39, 0.29) is 12.1 Å². The summed E-state index contributed by atoms with van der Waals surface area (Å²) in [6.45, 7) is 6.27. The lowest BCUT2D eigenvalue weighted by Crippen LogP contribution is -2.23. The molecule has 1 N–H and O–H groups in total. The molecule has 0 radical (unpaired) electrons. The Morgan fingerprint density at radius 3 is 2.53 bits per heavy atom. The summed E-state index contributed by atoms with van der Waals surface area (Å²) in [6, 6.07) is 0.397. The Hall–Kier alpha value is -1.33. The third-order valence-electron chi connectivity index (χ3n) is 2.54. The lowest BCUT2D eigenvalue weighted by Gasteiger charge is -2.17. The van der Waals surface area contributed by atoms with E-state index in [4.69, 9.17) is 0 Å². The van der Waals surface area contributed by atoms with Gasteiger partial charge in [-0.3, -0.25) is 15.3 Å². The highest BCUT2D eigenvalue weighted by atomic mass is 32.1. The topological polar surface area (TPSA) is 50.7 Å². The van der Waals surface area contributed by atoms with Crippen molar-refractivity contribution in [3.8, 4) is 0 Å². The Labute approximate surface area is 105 Å². The van der Waals surface area contributed by atoms with Crippen molar-refractivity contribution in [1.29, 1.82) is 0 Å². The first kappa shape index (κ1) is 12.1. The maximum absolute atomic E-state index is 4.38. The van der Waals surface area contributed by atoms with Gasteiger partial charge in [-0.05, 0) is 20.8 Å². The quantitative estimate of drug-likeness (QED) is 0.903. The molecule has 5 heteroatoms. The van der Waals surface area contributed by atoms with Gasteiger partial charge >= 0.3 is 0 Å². The van der Waals surface area contributed by atoms with Crippen molar-refractivity contribution in [1.82, 2.24) is 20.3 Å². The van der Waals surface area contributed by atoms with E-state index in [2.05, 4.69) is 41.0 Å². The highest BCUT2D eigenvalue weighted by molar-refractivity contribution is 7.11. The van der Waals surface area contributed by atoms with Gasteiger partial charge in [0.2, 0.25) is 0 Å². The van der Waals surface area contributed by atoms with Gasteiger partial charge in [0.05, 0.1) is 11.7 Å². The fourth-order valence-electron chi connectivity index (χ4n) is 1.64. The van der Waals surface area contributed by atoms with Crippen LogP contribution in [0.5, 0.6) is 0 Å². The van der Waals surface area contributed by atoms with Crippen LogP contribution >= 0.6 is 11.3 Å². The van der Waals surface area contributed by atoms with E-state index in [0.29, 0.717) is 0 Å². The van der Waals surface area contributed by atoms with Crippen molar-refractivity contribution in [2.24, 2.45) is 0 Å². The molecule has 0 amide bonds. The standard InChI is InChI=1S/C12H16N4S/c1-8-6-15-12(17-8)10(3)16-9(2)11-7-13-4-5-14-11/h4-7,9-10,16H,1-3H3. The zero-order valence-electron chi connectivity index (χ0n) is 10.2. The minimum Gasteiger partial charge on any atom is -0.300 e. The fourth-order valence-corrected chi connectivity index (χ4v) is 2.42. The molecule has 2 atom stereocenters. The van der Waals surface area contributed by atoms with E-state index in [1.54, 1.807) is 29.9 Å². The number of aromatic nitrogens is 3. The molecule has 0 saturated carbocycles. The Kier molecular flexibility index (Phi) is 3.81. The molecule has 0 spiro atoms.